The lowest BCUT2D eigenvalue weighted by molar-refractivity contribution is -0.121. The van der Waals surface area contributed by atoms with E-state index < -0.39 is 0 Å². The molecule has 0 saturated heterocycles. The molecule has 4 nitrogen and oxygen atoms in total. The molecule has 3 rings (SSSR count). The van der Waals surface area contributed by atoms with Crippen molar-refractivity contribution in [3.8, 4) is 11.3 Å². The lowest BCUT2D eigenvalue weighted by Crippen LogP contribution is -2.26. The van der Waals surface area contributed by atoms with Gasteiger partial charge < -0.3 is 9.73 Å². The lowest BCUT2D eigenvalue weighted by Gasteiger charge is -2.13. The molecule has 1 N–H and O–H groups in total. The molecule has 0 aliphatic heterocycles. The number of carbonyl (C=O) groups excluding carboxylic acids is 1. The van der Waals surface area contributed by atoms with Gasteiger partial charge in [0.05, 0.1) is 12.2 Å². The van der Waals surface area contributed by atoms with Crippen LogP contribution in [0.1, 0.15) is 30.8 Å². The number of halogens is 1. The van der Waals surface area contributed by atoms with Gasteiger partial charge >= 0.3 is 0 Å². The first-order chi connectivity index (χ1) is 12.1. The van der Waals surface area contributed by atoms with Gasteiger partial charge in [-0.1, -0.05) is 30.3 Å². The minimum atomic E-state index is -0.298. The normalized spacial score (nSPS) is 11.9. The van der Waals surface area contributed by atoms with Crippen LogP contribution in [0.25, 0.3) is 11.3 Å². The third kappa shape index (κ3) is 4.53. The zero-order valence-corrected chi connectivity index (χ0v) is 13.9. The van der Waals surface area contributed by atoms with E-state index in [9.17, 15) is 9.18 Å². The van der Waals surface area contributed by atoms with Crippen LogP contribution in [0.2, 0.25) is 0 Å². The maximum Gasteiger partial charge on any atom is 0.220 e. The summed E-state index contributed by atoms with van der Waals surface area (Å²) in [7, 11) is 0. The van der Waals surface area contributed by atoms with Crippen LogP contribution >= 0.6 is 0 Å². The van der Waals surface area contributed by atoms with E-state index in [2.05, 4.69) is 10.3 Å². The summed E-state index contributed by atoms with van der Waals surface area (Å²) < 4.78 is 18.6. The van der Waals surface area contributed by atoms with E-state index in [-0.39, 0.29) is 17.8 Å². The number of carbonyl (C=O) groups is 1. The molecule has 5 heteroatoms. The van der Waals surface area contributed by atoms with Gasteiger partial charge in [-0.05, 0) is 36.8 Å². The van der Waals surface area contributed by atoms with Crippen LogP contribution < -0.4 is 5.32 Å². The second kappa shape index (κ2) is 7.75. The summed E-state index contributed by atoms with van der Waals surface area (Å²) in [6.45, 7) is 1.95. The molecule has 0 radical (unpaired) electrons. The Morgan fingerprint density at radius 1 is 1.16 bits per heavy atom. The van der Waals surface area contributed by atoms with Crippen molar-refractivity contribution in [1.29, 1.82) is 0 Å². The SMILES string of the molecule is C[C@@H](NC(=O)CCc1ncc(-c2ccc(F)cc2)o1)c1ccccc1. The summed E-state index contributed by atoms with van der Waals surface area (Å²) in [5, 5.41) is 2.96. The molecule has 0 bridgehead atoms. The van der Waals surface area contributed by atoms with Gasteiger partial charge in [-0.25, -0.2) is 9.37 Å². The van der Waals surface area contributed by atoms with E-state index in [0.717, 1.165) is 11.1 Å². The Bertz CT molecular complexity index is 828. The fraction of sp³-hybridized carbons (Fsp3) is 0.200. The van der Waals surface area contributed by atoms with Crippen molar-refractivity contribution >= 4 is 5.91 Å². The molecule has 25 heavy (non-hydrogen) atoms. The molecule has 0 unspecified atom stereocenters. The van der Waals surface area contributed by atoms with Crippen LogP contribution in [-0.4, -0.2) is 10.9 Å². The highest BCUT2D eigenvalue weighted by Gasteiger charge is 2.12. The van der Waals surface area contributed by atoms with Gasteiger partial charge in [-0.2, -0.15) is 0 Å². The van der Waals surface area contributed by atoms with Gasteiger partial charge in [-0.15, -0.1) is 0 Å². The third-order valence-corrected chi connectivity index (χ3v) is 3.93. The predicted octanol–water partition coefficient (Wildman–Crippen LogP) is 4.29. The Morgan fingerprint density at radius 3 is 2.60 bits per heavy atom. The maximum absolute atomic E-state index is 13.0. The summed E-state index contributed by atoms with van der Waals surface area (Å²) >= 11 is 0. The number of benzene rings is 2. The minimum absolute atomic E-state index is 0.0481. The van der Waals surface area contributed by atoms with Gasteiger partial charge in [0.15, 0.2) is 11.7 Å². The summed E-state index contributed by atoms with van der Waals surface area (Å²) in [5.41, 5.74) is 1.81. The molecule has 0 spiro atoms. The van der Waals surface area contributed by atoms with Crippen LogP contribution in [0.15, 0.2) is 65.2 Å². The van der Waals surface area contributed by atoms with Crippen LogP contribution in [0.5, 0.6) is 0 Å². The van der Waals surface area contributed by atoms with Gasteiger partial charge in [0.1, 0.15) is 5.82 Å². The number of aromatic nitrogens is 1. The molecule has 0 fully saturated rings. The maximum atomic E-state index is 13.0. The van der Waals surface area contributed by atoms with E-state index in [1.165, 1.54) is 12.1 Å². The number of hydrogen-bond donors (Lipinski definition) is 1. The first kappa shape index (κ1) is 16.9. The molecular weight excluding hydrogens is 319 g/mol. The number of hydrogen-bond acceptors (Lipinski definition) is 3. The number of amides is 1. The van der Waals surface area contributed by atoms with Gasteiger partial charge in [0.25, 0.3) is 0 Å². The van der Waals surface area contributed by atoms with Crippen molar-refractivity contribution in [2.24, 2.45) is 0 Å². The van der Waals surface area contributed by atoms with Crippen molar-refractivity contribution in [2.45, 2.75) is 25.8 Å². The molecule has 2 aromatic carbocycles. The molecule has 0 saturated carbocycles. The highest BCUT2D eigenvalue weighted by Crippen LogP contribution is 2.21. The molecule has 1 aromatic heterocycles. The zero-order valence-electron chi connectivity index (χ0n) is 13.9. The smallest absolute Gasteiger partial charge is 0.220 e. The Kier molecular flexibility index (Phi) is 5.23. The predicted molar refractivity (Wildman–Crippen MR) is 93.2 cm³/mol. The van der Waals surface area contributed by atoms with E-state index in [1.54, 1.807) is 18.3 Å². The fourth-order valence-corrected chi connectivity index (χ4v) is 2.53. The fourth-order valence-electron chi connectivity index (χ4n) is 2.53. The average molecular weight is 338 g/mol. The highest BCUT2D eigenvalue weighted by atomic mass is 19.1. The minimum Gasteiger partial charge on any atom is -0.441 e. The molecular formula is C20H19FN2O2. The summed E-state index contributed by atoms with van der Waals surface area (Å²) in [4.78, 5) is 16.3. The Balaban J connectivity index is 1.53. The van der Waals surface area contributed by atoms with Crippen molar-refractivity contribution in [3.05, 3.63) is 78.1 Å². The van der Waals surface area contributed by atoms with Crippen LogP contribution in [0, 0.1) is 5.82 Å². The number of oxazole rings is 1. The average Bonchev–Trinajstić information content (AvgIpc) is 3.10. The van der Waals surface area contributed by atoms with Gasteiger partial charge in [-0.3, -0.25) is 4.79 Å². The standard InChI is InChI=1S/C20H19FN2O2/c1-14(15-5-3-2-4-6-15)23-19(24)11-12-20-22-13-18(25-20)16-7-9-17(21)10-8-16/h2-10,13-14H,11-12H2,1H3,(H,23,24)/t14-/m1/s1. The van der Waals surface area contributed by atoms with Crippen LogP contribution in [0.3, 0.4) is 0 Å². The van der Waals surface area contributed by atoms with E-state index in [4.69, 9.17) is 4.42 Å². The number of aryl methyl sites for hydroxylation is 1. The largest absolute Gasteiger partial charge is 0.441 e. The molecule has 0 aliphatic carbocycles. The van der Waals surface area contributed by atoms with Crippen LogP contribution in [-0.2, 0) is 11.2 Å². The molecule has 1 atom stereocenters. The van der Waals surface area contributed by atoms with Crippen molar-refractivity contribution < 1.29 is 13.6 Å². The highest BCUT2D eigenvalue weighted by molar-refractivity contribution is 5.76. The molecule has 1 heterocycles. The monoisotopic (exact) mass is 338 g/mol. The second-order valence-corrected chi connectivity index (χ2v) is 5.83. The van der Waals surface area contributed by atoms with Crippen molar-refractivity contribution in [1.82, 2.24) is 10.3 Å². The lowest BCUT2D eigenvalue weighted by atomic mass is 10.1. The van der Waals surface area contributed by atoms with Gasteiger partial charge in [0.2, 0.25) is 5.91 Å². The van der Waals surface area contributed by atoms with Crippen molar-refractivity contribution in [3.63, 3.8) is 0 Å². The van der Waals surface area contributed by atoms with Crippen LogP contribution in [0.4, 0.5) is 4.39 Å². The third-order valence-electron chi connectivity index (χ3n) is 3.93. The van der Waals surface area contributed by atoms with Crippen molar-refractivity contribution in [2.75, 3.05) is 0 Å². The summed E-state index contributed by atoms with van der Waals surface area (Å²) in [6, 6.07) is 15.8. The first-order valence-electron chi connectivity index (χ1n) is 8.17. The summed E-state index contributed by atoms with van der Waals surface area (Å²) in [5.74, 6) is 0.695. The molecule has 128 valence electrons. The Morgan fingerprint density at radius 2 is 1.88 bits per heavy atom. The van der Waals surface area contributed by atoms with Gasteiger partial charge in [0, 0.05) is 18.4 Å². The topological polar surface area (TPSA) is 55.1 Å². The second-order valence-electron chi connectivity index (χ2n) is 5.83. The zero-order chi connectivity index (χ0) is 17.6. The molecule has 0 aliphatic rings. The molecule has 1 amide bonds. The number of nitrogens with zero attached hydrogens (tertiary/aromatic N) is 1. The number of nitrogens with one attached hydrogen (secondary N) is 1. The summed E-state index contributed by atoms with van der Waals surface area (Å²) in [6.07, 6.45) is 2.29. The number of rotatable bonds is 6. The Labute approximate surface area is 145 Å². The Hall–Kier alpha value is -2.95. The molecule has 3 aromatic rings. The first-order valence-corrected chi connectivity index (χ1v) is 8.17. The van der Waals surface area contributed by atoms with E-state index in [0.29, 0.717) is 24.5 Å². The van der Waals surface area contributed by atoms with E-state index >= 15 is 0 Å². The van der Waals surface area contributed by atoms with E-state index in [1.807, 2.05) is 37.3 Å². The quantitative estimate of drug-likeness (QED) is 0.729.